The molecule has 344 valence electrons. The topological polar surface area (TPSA) is 6.48 Å². The van der Waals surface area contributed by atoms with E-state index in [0.29, 0.717) is 5.41 Å². The van der Waals surface area contributed by atoms with E-state index in [1.54, 1.807) is 33.4 Å². The molecule has 6 unspecified atom stereocenters. The van der Waals surface area contributed by atoms with Gasteiger partial charge in [-0.25, -0.2) is 0 Å². The highest BCUT2D eigenvalue weighted by Crippen LogP contribution is 3.03. The first-order chi connectivity index (χ1) is 31.4. The summed E-state index contributed by atoms with van der Waals surface area (Å²) in [5.41, 5.74) is 20.0. The Balaban J connectivity index is 1.03. The number of hydrogen-bond acceptors (Lipinski definition) is 2. The largest absolute Gasteiger partial charge is 0.334 e. The van der Waals surface area contributed by atoms with Crippen LogP contribution in [0.4, 0.5) is 22.7 Å². The van der Waals surface area contributed by atoms with E-state index in [4.69, 9.17) is 0 Å². The molecule has 5 saturated carbocycles. The summed E-state index contributed by atoms with van der Waals surface area (Å²) in [6.07, 6.45) is 30.0. The van der Waals surface area contributed by atoms with E-state index in [9.17, 15) is 0 Å². The van der Waals surface area contributed by atoms with Gasteiger partial charge >= 0.3 is 0 Å². The lowest BCUT2D eigenvalue weighted by molar-refractivity contribution is -0.00516. The van der Waals surface area contributed by atoms with Crippen molar-refractivity contribution in [2.75, 3.05) is 9.80 Å². The van der Waals surface area contributed by atoms with E-state index in [-0.39, 0.29) is 32.7 Å². The molecule has 4 aromatic rings. The Morgan fingerprint density at radius 3 is 1.31 bits per heavy atom. The van der Waals surface area contributed by atoms with E-state index >= 15 is 0 Å². The van der Waals surface area contributed by atoms with Crippen LogP contribution in [-0.4, -0.2) is 11.1 Å². The standard InChI is InChI=1S/C63H82N2/c1-9-11-13-15-17-23-45-41-61-51-39-47(64-55-31-25-43(3)37-53(55)57(5)33-19-21-35-59(57,64)7)27-29-49(51)50-30-28-48(40-52(50)62(61)42-46(63(45,61)62)24-18-16-14-12-10-2)65-56-32-26-44(4)38-54(56)58(6)34-20-22-36-60(58,65)8/h25-32,37-40,45-46H,9-24,33-36,41-42H2,1-8H3/t45?,46?,57?,58?,59?,60?,61-,62-,63?/m1/s1. The predicted octanol–water partition coefficient (Wildman–Crippen LogP) is 17.7. The molecule has 0 bridgehead atoms. The molecule has 0 radical (unpaired) electrons. The van der Waals surface area contributed by atoms with E-state index in [2.05, 4.69) is 138 Å². The lowest BCUT2D eigenvalue weighted by atomic mass is 9.51. The van der Waals surface area contributed by atoms with Crippen LogP contribution in [0.15, 0.2) is 72.8 Å². The summed E-state index contributed by atoms with van der Waals surface area (Å²) in [5.74, 6) is 1.68. The second-order valence-electron chi connectivity index (χ2n) is 24.7. The molecule has 0 N–H and O–H groups in total. The fourth-order valence-electron chi connectivity index (χ4n) is 18.8. The quantitative estimate of drug-likeness (QED) is 0.117. The van der Waals surface area contributed by atoms with Crippen molar-refractivity contribution in [3.63, 3.8) is 0 Å². The average Bonchev–Trinajstić information content (AvgIpc) is 3.38. The van der Waals surface area contributed by atoms with Gasteiger partial charge in [0.25, 0.3) is 0 Å². The maximum Gasteiger partial charge on any atom is 0.0517 e. The molecule has 8 aliphatic rings. The van der Waals surface area contributed by atoms with E-state index in [0.717, 1.165) is 11.8 Å². The third kappa shape index (κ3) is 5.10. The van der Waals surface area contributed by atoms with Gasteiger partial charge in [-0.2, -0.15) is 0 Å². The highest BCUT2D eigenvalue weighted by Gasteiger charge is 3.02. The van der Waals surface area contributed by atoms with Crippen LogP contribution in [0, 0.1) is 31.1 Å². The number of benzene rings is 4. The molecule has 0 saturated heterocycles. The molecular weight excluding hydrogens is 785 g/mol. The molecule has 5 fully saturated rings. The van der Waals surface area contributed by atoms with Crippen LogP contribution >= 0.6 is 0 Å². The van der Waals surface area contributed by atoms with Gasteiger partial charge in [-0.1, -0.05) is 165 Å². The van der Waals surface area contributed by atoms with Crippen LogP contribution in [0.2, 0.25) is 0 Å². The van der Waals surface area contributed by atoms with Gasteiger partial charge in [0.1, 0.15) is 0 Å². The number of hydrogen-bond donors (Lipinski definition) is 0. The monoisotopic (exact) mass is 867 g/mol. The van der Waals surface area contributed by atoms with Gasteiger partial charge in [-0.15, -0.1) is 0 Å². The Labute approximate surface area is 394 Å². The molecule has 2 heterocycles. The highest BCUT2D eigenvalue weighted by atomic mass is 15.3. The van der Waals surface area contributed by atoms with Gasteiger partial charge in [0, 0.05) is 44.4 Å². The van der Waals surface area contributed by atoms with Gasteiger partial charge in [-0.3, -0.25) is 0 Å². The summed E-state index contributed by atoms with van der Waals surface area (Å²) in [5, 5.41) is 0. The first kappa shape index (κ1) is 42.8. The molecule has 65 heavy (non-hydrogen) atoms. The molecule has 6 aliphatic carbocycles. The second-order valence-corrected chi connectivity index (χ2v) is 24.7. The maximum absolute atomic E-state index is 2.89. The Hall–Kier alpha value is -3.52. The van der Waals surface area contributed by atoms with Gasteiger partial charge < -0.3 is 9.80 Å². The Kier molecular flexibility index (Phi) is 9.71. The lowest BCUT2D eigenvalue weighted by Gasteiger charge is -2.52. The Bertz CT molecular complexity index is 2370. The summed E-state index contributed by atoms with van der Waals surface area (Å²) < 4.78 is 0. The number of fused-ring (bicyclic) bond motifs is 9. The zero-order valence-electron chi connectivity index (χ0n) is 42.0. The fourth-order valence-corrected chi connectivity index (χ4v) is 18.8. The molecule has 2 aliphatic heterocycles. The smallest absolute Gasteiger partial charge is 0.0517 e. The molecule has 8 atom stereocenters. The molecule has 0 amide bonds. The van der Waals surface area contributed by atoms with Crippen LogP contribution in [0.3, 0.4) is 0 Å². The number of nitrogens with zero attached hydrogens (tertiary/aromatic N) is 2. The summed E-state index contributed by atoms with van der Waals surface area (Å²) in [4.78, 5) is 5.78. The van der Waals surface area contributed by atoms with Crippen molar-refractivity contribution in [2.45, 2.75) is 229 Å². The van der Waals surface area contributed by atoms with Crippen LogP contribution in [0.1, 0.15) is 216 Å². The molecule has 2 heteroatoms. The second kappa shape index (κ2) is 14.7. The number of unbranched alkanes of at least 4 members (excludes halogenated alkanes) is 8. The molecule has 4 aromatic carbocycles. The van der Waals surface area contributed by atoms with Crippen molar-refractivity contribution in [2.24, 2.45) is 17.3 Å². The van der Waals surface area contributed by atoms with Crippen molar-refractivity contribution in [3.8, 4) is 11.1 Å². The van der Waals surface area contributed by atoms with Crippen molar-refractivity contribution in [1.29, 1.82) is 0 Å². The Morgan fingerprint density at radius 1 is 0.462 bits per heavy atom. The third-order valence-corrected chi connectivity index (χ3v) is 22.0. The fraction of sp³-hybridized carbons (Fsp3) is 0.619. The summed E-state index contributed by atoms with van der Waals surface area (Å²) in [6, 6.07) is 31.1. The Morgan fingerprint density at radius 2 is 0.877 bits per heavy atom. The van der Waals surface area contributed by atoms with Crippen molar-refractivity contribution in [1.82, 2.24) is 0 Å². The zero-order valence-corrected chi connectivity index (χ0v) is 42.0. The number of rotatable bonds is 14. The normalized spacial score (nSPS) is 36.2. The SMILES string of the molecule is CCCCCCCC1C[C@@]23c4cc(N5c6ccc(C)cc6C6(C)CCCCC56C)ccc4-c4ccc(N5c6ccc(C)cc6C6(C)CCCCC56C)cc4[C@]24CC(CCCCCCC)C134. The van der Waals surface area contributed by atoms with Crippen LogP contribution < -0.4 is 9.80 Å². The molecule has 12 rings (SSSR count). The van der Waals surface area contributed by atoms with Crippen molar-refractivity contribution >= 4 is 22.7 Å². The summed E-state index contributed by atoms with van der Waals surface area (Å²) in [7, 11) is 0. The number of anilines is 4. The average molecular weight is 867 g/mol. The zero-order chi connectivity index (χ0) is 44.8. The summed E-state index contributed by atoms with van der Waals surface area (Å²) >= 11 is 0. The molecular formula is C63H82N2. The van der Waals surface area contributed by atoms with Crippen molar-refractivity contribution in [3.05, 3.63) is 106 Å². The first-order valence-electron chi connectivity index (χ1n) is 27.5. The molecule has 3 spiro atoms. The first-order valence-corrected chi connectivity index (χ1v) is 27.5. The van der Waals surface area contributed by atoms with Gasteiger partial charge in [0.2, 0.25) is 0 Å². The van der Waals surface area contributed by atoms with E-state index in [1.165, 1.54) is 175 Å². The lowest BCUT2D eigenvalue weighted by Crippen LogP contribution is -2.54. The highest BCUT2D eigenvalue weighted by molar-refractivity contribution is 5.91. The van der Waals surface area contributed by atoms with Crippen LogP contribution in [-0.2, 0) is 21.7 Å². The van der Waals surface area contributed by atoms with Gasteiger partial charge in [-0.05, 0) is 166 Å². The number of aryl methyl sites for hydroxylation is 2. The van der Waals surface area contributed by atoms with Crippen LogP contribution in [0.5, 0.6) is 0 Å². The minimum Gasteiger partial charge on any atom is -0.334 e. The third-order valence-electron chi connectivity index (χ3n) is 22.0. The minimum atomic E-state index is 0.0720. The minimum absolute atomic E-state index is 0.0720. The van der Waals surface area contributed by atoms with Crippen LogP contribution in [0.25, 0.3) is 11.1 Å². The molecule has 2 nitrogen and oxygen atoms in total. The summed E-state index contributed by atoms with van der Waals surface area (Å²) in [6.45, 7) is 19.9. The van der Waals surface area contributed by atoms with E-state index in [1.807, 2.05) is 0 Å². The van der Waals surface area contributed by atoms with Gasteiger partial charge in [0.15, 0.2) is 0 Å². The maximum atomic E-state index is 2.89. The van der Waals surface area contributed by atoms with Gasteiger partial charge in [0.05, 0.1) is 11.1 Å². The van der Waals surface area contributed by atoms with Crippen molar-refractivity contribution < 1.29 is 0 Å². The van der Waals surface area contributed by atoms with E-state index < -0.39 is 0 Å². The predicted molar refractivity (Wildman–Crippen MR) is 276 cm³/mol. The molecule has 0 aromatic heterocycles.